The number of nitrogens with zero attached hydrogens (tertiary/aromatic N) is 6. The highest BCUT2D eigenvalue weighted by Gasteiger charge is 2.35. The molecule has 0 amide bonds. The molecule has 6 rings (SSSR count). The molecule has 0 radical (unpaired) electrons. The molecule has 0 saturated carbocycles. The van der Waals surface area contributed by atoms with E-state index in [1.165, 1.54) is 18.9 Å². The maximum absolute atomic E-state index is 15.7. The number of aryl methyl sites for hydroxylation is 2. The van der Waals surface area contributed by atoms with Crippen molar-refractivity contribution in [3.63, 3.8) is 0 Å². The number of ether oxygens (including phenoxy) is 2. The maximum atomic E-state index is 15.7. The summed E-state index contributed by atoms with van der Waals surface area (Å²) in [7, 11) is 3.78. The van der Waals surface area contributed by atoms with Crippen molar-refractivity contribution in [2.24, 2.45) is 7.05 Å². The lowest BCUT2D eigenvalue weighted by atomic mass is 9.86. The second kappa shape index (κ2) is 12.3. The average Bonchev–Trinajstić information content (AvgIpc) is 3.77. The number of halogens is 1. The van der Waals surface area contributed by atoms with Gasteiger partial charge in [0, 0.05) is 55.0 Å². The van der Waals surface area contributed by atoms with Crippen LogP contribution in [0.2, 0.25) is 0 Å². The van der Waals surface area contributed by atoms with E-state index in [0.717, 1.165) is 43.7 Å². The molecule has 1 aromatic carbocycles. The van der Waals surface area contributed by atoms with Crippen LogP contribution in [0.3, 0.4) is 0 Å². The number of hydrogen-bond donors (Lipinski definition) is 1. The SMILES string of the molecule is Cc1nc2c(cc(-c3nnc(N(C)CCN4CCCC4)o3)n2C)c(-c2cc(F)c3c(c2C)CCCO3)c1[C@H](OC(C)(C)C)C(=O)O. The summed E-state index contributed by atoms with van der Waals surface area (Å²) < 4.78 is 35.6. The van der Waals surface area contributed by atoms with Crippen molar-refractivity contribution in [2.75, 3.05) is 44.7 Å². The third-order valence-corrected chi connectivity index (χ3v) is 8.98. The zero-order valence-electron chi connectivity index (χ0n) is 27.7. The molecule has 1 N–H and O–H groups in total. The Morgan fingerprint density at radius 3 is 2.61 bits per heavy atom. The lowest BCUT2D eigenvalue weighted by Crippen LogP contribution is -2.31. The minimum Gasteiger partial charge on any atom is -0.490 e. The Kier molecular flexibility index (Phi) is 8.53. The van der Waals surface area contributed by atoms with Crippen molar-refractivity contribution in [3.05, 3.63) is 40.3 Å². The van der Waals surface area contributed by atoms with Gasteiger partial charge in [-0.25, -0.2) is 14.2 Å². The minimum absolute atomic E-state index is 0.262. The third kappa shape index (κ3) is 5.95. The molecule has 46 heavy (non-hydrogen) atoms. The second-order valence-electron chi connectivity index (χ2n) is 13.4. The summed E-state index contributed by atoms with van der Waals surface area (Å²) in [5, 5.41) is 19.8. The number of fused-ring (bicyclic) bond motifs is 2. The van der Waals surface area contributed by atoms with Gasteiger partial charge in [-0.05, 0) is 96.7 Å². The topological polar surface area (TPSA) is 119 Å². The van der Waals surface area contributed by atoms with Gasteiger partial charge in [-0.1, -0.05) is 5.10 Å². The number of carboxylic acids is 1. The van der Waals surface area contributed by atoms with Crippen LogP contribution in [0.4, 0.5) is 10.4 Å². The molecule has 2 aliphatic heterocycles. The van der Waals surface area contributed by atoms with E-state index in [1.54, 1.807) is 27.7 Å². The van der Waals surface area contributed by atoms with Gasteiger partial charge in [-0.3, -0.25) is 0 Å². The number of likely N-dealkylation sites (tertiary alicyclic amines) is 1. The van der Waals surface area contributed by atoms with Gasteiger partial charge in [0.25, 0.3) is 5.89 Å². The van der Waals surface area contributed by atoms with Gasteiger partial charge in [-0.2, -0.15) is 0 Å². The molecular formula is C34H43FN6O5. The summed E-state index contributed by atoms with van der Waals surface area (Å²) in [4.78, 5) is 22.1. The van der Waals surface area contributed by atoms with Crippen molar-refractivity contribution < 1.29 is 28.2 Å². The number of benzene rings is 1. The fourth-order valence-electron chi connectivity index (χ4n) is 6.64. The predicted molar refractivity (Wildman–Crippen MR) is 173 cm³/mol. The zero-order chi connectivity index (χ0) is 32.9. The van der Waals surface area contributed by atoms with E-state index in [-0.39, 0.29) is 5.75 Å². The van der Waals surface area contributed by atoms with E-state index in [2.05, 4.69) is 15.1 Å². The van der Waals surface area contributed by atoms with Crippen LogP contribution in [0.1, 0.15) is 68.5 Å². The number of aliphatic carboxylic acids is 1. The maximum Gasteiger partial charge on any atom is 0.337 e. The van der Waals surface area contributed by atoms with Crippen molar-refractivity contribution in [1.29, 1.82) is 0 Å². The zero-order valence-corrected chi connectivity index (χ0v) is 27.7. The molecule has 2 aliphatic rings. The van der Waals surface area contributed by atoms with Gasteiger partial charge in [0.2, 0.25) is 0 Å². The molecule has 0 aliphatic carbocycles. The number of pyridine rings is 1. The quantitative estimate of drug-likeness (QED) is 0.240. The lowest BCUT2D eigenvalue weighted by molar-refractivity contribution is -0.160. The van der Waals surface area contributed by atoms with Crippen molar-refractivity contribution in [3.8, 4) is 28.5 Å². The highest BCUT2D eigenvalue weighted by molar-refractivity contribution is 6.01. The van der Waals surface area contributed by atoms with Gasteiger partial charge in [0.05, 0.1) is 12.2 Å². The molecule has 246 valence electrons. The van der Waals surface area contributed by atoms with Gasteiger partial charge in [-0.15, -0.1) is 5.10 Å². The molecule has 11 nitrogen and oxygen atoms in total. The fraction of sp³-hybridized carbons (Fsp3) is 0.529. The molecular weight excluding hydrogens is 591 g/mol. The summed E-state index contributed by atoms with van der Waals surface area (Å²) in [6.45, 7) is 13.5. The van der Waals surface area contributed by atoms with Crippen LogP contribution in [0, 0.1) is 19.7 Å². The largest absolute Gasteiger partial charge is 0.490 e. The highest BCUT2D eigenvalue weighted by Crippen LogP contribution is 2.45. The number of likely N-dealkylation sites (N-methyl/N-ethyl adjacent to an activating group) is 1. The van der Waals surface area contributed by atoms with E-state index in [1.807, 2.05) is 36.6 Å². The first-order chi connectivity index (χ1) is 21.8. The first kappa shape index (κ1) is 31.9. The number of rotatable bonds is 9. The van der Waals surface area contributed by atoms with Crippen molar-refractivity contribution in [2.45, 2.75) is 72.0 Å². The smallest absolute Gasteiger partial charge is 0.337 e. The molecule has 0 spiro atoms. The Balaban J connectivity index is 1.52. The molecule has 1 saturated heterocycles. The molecule has 12 heteroatoms. The Morgan fingerprint density at radius 2 is 1.91 bits per heavy atom. The average molecular weight is 635 g/mol. The molecule has 4 aromatic rings. The Labute approximate surface area is 268 Å². The Hall–Kier alpha value is -4.03. The third-order valence-electron chi connectivity index (χ3n) is 8.98. The normalized spacial score (nSPS) is 16.1. The van der Waals surface area contributed by atoms with E-state index < -0.39 is 23.5 Å². The minimum atomic E-state index is -1.36. The molecule has 1 atom stereocenters. The summed E-state index contributed by atoms with van der Waals surface area (Å²) in [5.41, 5.74) is 3.97. The number of carbonyl (C=O) groups is 1. The molecule has 5 heterocycles. The monoisotopic (exact) mass is 634 g/mol. The number of anilines is 1. The van der Waals surface area contributed by atoms with Gasteiger partial charge in [0.15, 0.2) is 17.7 Å². The van der Waals surface area contributed by atoms with Crippen molar-refractivity contribution in [1.82, 2.24) is 24.6 Å². The summed E-state index contributed by atoms with van der Waals surface area (Å²) >= 11 is 0. The molecule has 1 fully saturated rings. The standard InChI is InChI=1S/C34H43FN6O5/c1-19-21-11-10-16-44-28(21)24(35)17-22(19)27-23-18-25(31-37-38-33(45-31)39(6)14-15-41-12-8-9-13-41)40(7)30(23)36-20(2)26(27)29(32(42)43)46-34(3,4)5/h17-18,29H,8-16H2,1-7H3,(H,42,43)/t29-/m0/s1. The first-order valence-electron chi connectivity index (χ1n) is 16.0. The first-order valence-corrected chi connectivity index (χ1v) is 16.0. The van der Waals surface area contributed by atoms with Crippen LogP contribution in [0.25, 0.3) is 33.7 Å². The summed E-state index contributed by atoms with van der Waals surface area (Å²) in [6, 6.07) is 3.72. The van der Waals surface area contributed by atoms with E-state index in [9.17, 15) is 9.90 Å². The van der Waals surface area contributed by atoms with Crippen LogP contribution >= 0.6 is 0 Å². The predicted octanol–water partition coefficient (Wildman–Crippen LogP) is 5.84. The van der Waals surface area contributed by atoms with Crippen LogP contribution < -0.4 is 9.64 Å². The van der Waals surface area contributed by atoms with Crippen LogP contribution in [-0.2, 0) is 23.0 Å². The number of carboxylic acid groups (broad SMARTS) is 1. The lowest BCUT2D eigenvalue weighted by Gasteiger charge is -2.29. The summed E-state index contributed by atoms with van der Waals surface area (Å²) in [6.07, 6.45) is 2.53. The van der Waals surface area contributed by atoms with Crippen molar-refractivity contribution >= 4 is 23.0 Å². The van der Waals surface area contributed by atoms with Gasteiger partial charge >= 0.3 is 12.0 Å². The Morgan fingerprint density at radius 1 is 1.17 bits per heavy atom. The molecule has 3 aromatic heterocycles. The second-order valence-corrected chi connectivity index (χ2v) is 13.4. The van der Waals surface area contributed by atoms with E-state index >= 15 is 4.39 Å². The van der Waals surface area contributed by atoms with Gasteiger partial charge < -0.3 is 33.4 Å². The Bertz CT molecular complexity index is 1790. The highest BCUT2D eigenvalue weighted by atomic mass is 19.1. The fourth-order valence-corrected chi connectivity index (χ4v) is 6.64. The van der Waals surface area contributed by atoms with Crippen LogP contribution in [0.15, 0.2) is 16.5 Å². The number of aromatic nitrogens is 4. The van der Waals surface area contributed by atoms with Crippen LogP contribution in [0.5, 0.6) is 5.75 Å². The molecule has 0 unspecified atom stereocenters. The van der Waals surface area contributed by atoms with E-state index in [4.69, 9.17) is 18.9 Å². The van der Waals surface area contributed by atoms with Gasteiger partial charge in [0.1, 0.15) is 11.3 Å². The number of hydrogen-bond acceptors (Lipinski definition) is 9. The molecule has 0 bridgehead atoms. The van der Waals surface area contributed by atoms with E-state index in [0.29, 0.717) is 64.0 Å². The van der Waals surface area contributed by atoms with Crippen LogP contribution in [-0.4, -0.2) is 81.2 Å². The summed E-state index contributed by atoms with van der Waals surface area (Å²) in [5.74, 6) is -1.08.